The van der Waals surface area contributed by atoms with Crippen molar-refractivity contribution < 1.29 is 19.8 Å². The number of hydrogen-bond donors (Lipinski definition) is 2. The molecule has 4 nitrogen and oxygen atoms in total. The predicted molar refractivity (Wildman–Crippen MR) is 174 cm³/mol. The maximum atomic E-state index is 10.3. The molecule has 40 heavy (non-hydrogen) atoms. The van der Waals surface area contributed by atoms with Gasteiger partial charge in [0.05, 0.1) is 0 Å². The van der Waals surface area contributed by atoms with Crippen LogP contribution in [0.2, 0.25) is 0 Å². The van der Waals surface area contributed by atoms with E-state index in [0.29, 0.717) is 12.8 Å². The minimum absolute atomic E-state index is 0.332. The van der Waals surface area contributed by atoms with Crippen LogP contribution in [0.5, 0.6) is 0 Å². The number of hydrogen-bond acceptors (Lipinski definition) is 2. The molecule has 0 atom stereocenters. The fourth-order valence-electron chi connectivity index (χ4n) is 4.69. The van der Waals surface area contributed by atoms with Gasteiger partial charge in [-0.3, -0.25) is 9.59 Å². The van der Waals surface area contributed by atoms with E-state index in [-0.39, 0.29) is 0 Å². The average Bonchev–Trinajstić information content (AvgIpc) is 2.93. The molecular formula is C36H68O4. The van der Waals surface area contributed by atoms with Crippen LogP contribution in [0.4, 0.5) is 0 Å². The van der Waals surface area contributed by atoms with E-state index in [1.54, 1.807) is 0 Å². The molecule has 2 N–H and O–H groups in total. The zero-order chi connectivity index (χ0) is 29.8. The molecule has 0 spiro atoms. The highest BCUT2D eigenvalue weighted by atomic mass is 16.4. The second kappa shape index (κ2) is 37.4. The largest absolute Gasteiger partial charge is 0.481 e. The highest BCUT2D eigenvalue weighted by Gasteiger charge is 1.97. The van der Waals surface area contributed by atoms with Gasteiger partial charge in [0.1, 0.15) is 0 Å². The van der Waals surface area contributed by atoms with Crippen LogP contribution in [-0.2, 0) is 9.59 Å². The molecule has 0 rings (SSSR count). The molecule has 0 aromatic rings. The first-order chi connectivity index (χ1) is 19.5. The molecule has 0 saturated heterocycles. The number of carbonyl (C=O) groups is 2. The molecule has 0 unspecified atom stereocenters. The summed E-state index contributed by atoms with van der Waals surface area (Å²) in [4.78, 5) is 20.7. The molecule has 0 aliphatic carbocycles. The van der Waals surface area contributed by atoms with Crippen LogP contribution in [0.15, 0.2) is 24.3 Å². The SMILES string of the molecule is CCCCCC/C=C/CCCCCCCCCC(=O)O.CCCCCCCCC=CCCCCCCCC(=O)O. The Hall–Kier alpha value is -1.58. The minimum Gasteiger partial charge on any atom is -0.481 e. The quantitative estimate of drug-likeness (QED) is 0.0672. The van der Waals surface area contributed by atoms with Crippen molar-refractivity contribution in [1.82, 2.24) is 0 Å². The number of aliphatic carboxylic acids is 2. The van der Waals surface area contributed by atoms with E-state index in [9.17, 15) is 9.59 Å². The van der Waals surface area contributed by atoms with Crippen molar-refractivity contribution in [3.63, 3.8) is 0 Å². The van der Waals surface area contributed by atoms with Crippen molar-refractivity contribution in [3.8, 4) is 0 Å². The van der Waals surface area contributed by atoms with Gasteiger partial charge in [0.2, 0.25) is 0 Å². The number of rotatable bonds is 30. The van der Waals surface area contributed by atoms with E-state index in [2.05, 4.69) is 38.2 Å². The van der Waals surface area contributed by atoms with Gasteiger partial charge in [0, 0.05) is 12.8 Å². The molecule has 0 saturated carbocycles. The van der Waals surface area contributed by atoms with Crippen molar-refractivity contribution in [2.75, 3.05) is 0 Å². The van der Waals surface area contributed by atoms with Crippen molar-refractivity contribution in [2.45, 2.75) is 194 Å². The highest BCUT2D eigenvalue weighted by Crippen LogP contribution is 2.11. The fraction of sp³-hybridized carbons (Fsp3) is 0.833. The second-order valence-electron chi connectivity index (χ2n) is 11.5. The summed E-state index contributed by atoms with van der Waals surface area (Å²) in [6, 6.07) is 0. The lowest BCUT2D eigenvalue weighted by atomic mass is 10.1. The summed E-state index contributed by atoms with van der Waals surface area (Å²) in [5, 5.41) is 17.0. The number of allylic oxidation sites excluding steroid dienone is 4. The predicted octanol–water partition coefficient (Wildman–Crippen LogP) is 12.2. The summed E-state index contributed by atoms with van der Waals surface area (Å²) in [6.45, 7) is 4.51. The molecule has 0 radical (unpaired) electrons. The van der Waals surface area contributed by atoms with Gasteiger partial charge >= 0.3 is 11.9 Å². The van der Waals surface area contributed by atoms with Crippen molar-refractivity contribution in [1.29, 1.82) is 0 Å². The van der Waals surface area contributed by atoms with Crippen LogP contribution in [0, 0.1) is 0 Å². The smallest absolute Gasteiger partial charge is 0.303 e. The Bertz CT molecular complexity index is 567. The van der Waals surface area contributed by atoms with Crippen LogP contribution in [0.1, 0.15) is 194 Å². The van der Waals surface area contributed by atoms with Crippen LogP contribution in [0.25, 0.3) is 0 Å². The maximum absolute atomic E-state index is 10.3. The molecule has 0 aliphatic heterocycles. The normalized spacial score (nSPS) is 11.2. The zero-order valence-corrected chi connectivity index (χ0v) is 26.8. The van der Waals surface area contributed by atoms with Crippen molar-refractivity contribution in [3.05, 3.63) is 24.3 Å². The van der Waals surface area contributed by atoms with Crippen LogP contribution < -0.4 is 0 Å². The monoisotopic (exact) mass is 565 g/mol. The van der Waals surface area contributed by atoms with Crippen molar-refractivity contribution in [2.24, 2.45) is 0 Å². The third-order valence-electron chi connectivity index (χ3n) is 7.30. The summed E-state index contributed by atoms with van der Waals surface area (Å²) < 4.78 is 0. The summed E-state index contributed by atoms with van der Waals surface area (Å²) >= 11 is 0. The number of carboxylic acids is 2. The molecule has 0 bridgehead atoms. The summed E-state index contributed by atoms with van der Waals surface area (Å²) in [5.41, 5.74) is 0. The molecule has 0 heterocycles. The molecule has 236 valence electrons. The minimum atomic E-state index is -0.664. The first-order valence-corrected chi connectivity index (χ1v) is 17.3. The van der Waals surface area contributed by atoms with Gasteiger partial charge in [-0.05, 0) is 64.2 Å². The van der Waals surface area contributed by atoms with Gasteiger partial charge in [0.15, 0.2) is 0 Å². The van der Waals surface area contributed by atoms with Gasteiger partial charge in [-0.2, -0.15) is 0 Å². The van der Waals surface area contributed by atoms with E-state index >= 15 is 0 Å². The molecule has 0 aromatic heterocycles. The van der Waals surface area contributed by atoms with E-state index in [1.807, 2.05) is 0 Å². The Kier molecular flexibility index (Phi) is 37.9. The fourth-order valence-corrected chi connectivity index (χ4v) is 4.69. The average molecular weight is 565 g/mol. The molecule has 0 fully saturated rings. The Morgan fingerprint density at radius 1 is 0.375 bits per heavy atom. The van der Waals surface area contributed by atoms with E-state index in [4.69, 9.17) is 10.2 Å². The Labute approximate surface area is 249 Å². The lowest BCUT2D eigenvalue weighted by molar-refractivity contribution is -0.138. The van der Waals surface area contributed by atoms with Crippen LogP contribution in [-0.4, -0.2) is 22.2 Å². The Morgan fingerprint density at radius 3 is 0.875 bits per heavy atom. The Balaban J connectivity index is 0. The Morgan fingerprint density at radius 2 is 0.600 bits per heavy atom. The summed E-state index contributed by atoms with van der Waals surface area (Å²) in [6.07, 6.45) is 42.5. The summed E-state index contributed by atoms with van der Waals surface area (Å²) in [7, 11) is 0. The maximum Gasteiger partial charge on any atom is 0.303 e. The van der Waals surface area contributed by atoms with Crippen LogP contribution in [0.3, 0.4) is 0 Å². The molecule has 0 aromatic carbocycles. The second-order valence-corrected chi connectivity index (χ2v) is 11.5. The lowest BCUT2D eigenvalue weighted by Crippen LogP contribution is -1.93. The van der Waals surface area contributed by atoms with Gasteiger partial charge < -0.3 is 10.2 Å². The van der Waals surface area contributed by atoms with Crippen molar-refractivity contribution >= 4 is 11.9 Å². The van der Waals surface area contributed by atoms with Gasteiger partial charge in [0.25, 0.3) is 0 Å². The molecule has 4 heteroatoms. The van der Waals surface area contributed by atoms with E-state index in [1.165, 1.54) is 141 Å². The standard InChI is InChI=1S/2C18H34O2/c2*1-2-3-4-5-6-7-8-9-10-11-12-13-14-15-16-17-18(19)20/h9-10H,2-8,11-17H2,1H3,(H,19,20);7-8H,2-6,9-17H2,1H3,(H,19,20)/b;8-7+. The first kappa shape index (κ1) is 40.6. The summed E-state index contributed by atoms with van der Waals surface area (Å²) in [5.74, 6) is -1.32. The zero-order valence-electron chi connectivity index (χ0n) is 26.8. The topological polar surface area (TPSA) is 74.6 Å². The molecule has 0 amide bonds. The van der Waals surface area contributed by atoms with Gasteiger partial charge in [-0.15, -0.1) is 0 Å². The number of carboxylic acid groups (broad SMARTS) is 2. The molecular weight excluding hydrogens is 496 g/mol. The molecule has 0 aliphatic rings. The van der Waals surface area contributed by atoms with E-state index in [0.717, 1.165) is 25.7 Å². The van der Waals surface area contributed by atoms with Crippen LogP contribution >= 0.6 is 0 Å². The third-order valence-corrected chi connectivity index (χ3v) is 7.30. The lowest BCUT2D eigenvalue weighted by Gasteiger charge is -2.00. The number of unbranched alkanes of at least 4 members (excludes halogenated alkanes) is 22. The third kappa shape index (κ3) is 43.5. The van der Waals surface area contributed by atoms with E-state index < -0.39 is 11.9 Å². The highest BCUT2D eigenvalue weighted by molar-refractivity contribution is 5.66. The first-order valence-electron chi connectivity index (χ1n) is 17.3. The van der Waals surface area contributed by atoms with Gasteiger partial charge in [-0.25, -0.2) is 0 Å². The van der Waals surface area contributed by atoms with Gasteiger partial charge in [-0.1, -0.05) is 141 Å².